The molecular formula is C20H29N3O2. The Morgan fingerprint density at radius 1 is 1.20 bits per heavy atom. The molecule has 136 valence electrons. The molecule has 2 aliphatic heterocycles. The van der Waals surface area contributed by atoms with E-state index in [0.717, 1.165) is 51.6 Å². The molecule has 2 atom stereocenters. The second-order valence-electron chi connectivity index (χ2n) is 7.45. The van der Waals surface area contributed by atoms with Gasteiger partial charge in [0.25, 0.3) is 0 Å². The molecule has 3 fully saturated rings. The first-order valence-electron chi connectivity index (χ1n) is 9.55. The minimum absolute atomic E-state index is 0.166. The zero-order valence-electron chi connectivity index (χ0n) is 15.1. The lowest BCUT2D eigenvalue weighted by Gasteiger charge is -2.37. The molecule has 4 rings (SSSR count). The summed E-state index contributed by atoms with van der Waals surface area (Å²) in [6.45, 7) is 4.32. The second-order valence-corrected chi connectivity index (χ2v) is 7.45. The quantitative estimate of drug-likeness (QED) is 0.672. The minimum Gasteiger partial charge on any atom is -0.375 e. The van der Waals surface area contributed by atoms with Gasteiger partial charge >= 0.3 is 0 Å². The summed E-state index contributed by atoms with van der Waals surface area (Å²) in [6.07, 6.45) is 5.18. The van der Waals surface area contributed by atoms with Gasteiger partial charge in [-0.1, -0.05) is 30.3 Å². The van der Waals surface area contributed by atoms with Crippen LogP contribution in [0.25, 0.3) is 0 Å². The molecule has 2 unspecified atom stereocenters. The maximum atomic E-state index is 5.96. The molecule has 5 nitrogen and oxygen atoms in total. The summed E-state index contributed by atoms with van der Waals surface area (Å²) < 4.78 is 11.8. The Balaban J connectivity index is 1.36. The van der Waals surface area contributed by atoms with Gasteiger partial charge in [0.15, 0.2) is 5.96 Å². The van der Waals surface area contributed by atoms with Crippen molar-refractivity contribution in [2.75, 3.05) is 39.9 Å². The van der Waals surface area contributed by atoms with Crippen LogP contribution in [0.2, 0.25) is 0 Å². The molecule has 1 N–H and O–H groups in total. The van der Waals surface area contributed by atoms with E-state index in [1.165, 1.54) is 18.4 Å². The van der Waals surface area contributed by atoms with E-state index < -0.39 is 0 Å². The molecule has 5 heteroatoms. The standard InChI is InChI=1S/C20H29N3O2/c1-21-19(22-15-20(9-10-20)16-6-3-2-4-7-16)23-11-13-25-18(14-23)17-8-5-12-24-17/h2-4,6-7,17-18H,5,8-15H2,1H3,(H,21,22). The maximum absolute atomic E-state index is 5.96. The molecular weight excluding hydrogens is 314 g/mol. The van der Waals surface area contributed by atoms with Gasteiger partial charge in [-0.2, -0.15) is 0 Å². The lowest BCUT2D eigenvalue weighted by Crippen LogP contribution is -2.54. The number of morpholine rings is 1. The first-order chi connectivity index (χ1) is 12.3. The van der Waals surface area contributed by atoms with Gasteiger partial charge in [0, 0.05) is 38.7 Å². The van der Waals surface area contributed by atoms with Crippen molar-refractivity contribution < 1.29 is 9.47 Å². The molecule has 1 saturated carbocycles. The Morgan fingerprint density at radius 3 is 2.68 bits per heavy atom. The molecule has 0 bridgehead atoms. The molecule has 0 radical (unpaired) electrons. The number of aliphatic imine (C=N–C) groups is 1. The summed E-state index contributed by atoms with van der Waals surface area (Å²) in [5.74, 6) is 0.994. The van der Waals surface area contributed by atoms with Crippen LogP contribution in [0.15, 0.2) is 35.3 Å². The van der Waals surface area contributed by atoms with E-state index in [1.807, 2.05) is 7.05 Å². The Kier molecular flexibility index (Phi) is 4.95. The highest BCUT2D eigenvalue weighted by Crippen LogP contribution is 2.47. The van der Waals surface area contributed by atoms with E-state index in [0.29, 0.717) is 0 Å². The number of ether oxygens (including phenoxy) is 2. The smallest absolute Gasteiger partial charge is 0.193 e. The topological polar surface area (TPSA) is 46.1 Å². The van der Waals surface area contributed by atoms with Crippen LogP contribution in [0.4, 0.5) is 0 Å². The molecule has 0 aromatic heterocycles. The SMILES string of the molecule is CN=C(NCC1(c2ccccc2)CC1)N1CCOC(C2CCCO2)C1. The van der Waals surface area contributed by atoms with Crippen LogP contribution in [0.5, 0.6) is 0 Å². The van der Waals surface area contributed by atoms with Crippen molar-refractivity contribution in [2.45, 2.75) is 43.3 Å². The maximum Gasteiger partial charge on any atom is 0.193 e. The molecule has 0 amide bonds. The third-order valence-corrected chi connectivity index (χ3v) is 5.81. The predicted molar refractivity (Wildman–Crippen MR) is 99.0 cm³/mol. The highest BCUT2D eigenvalue weighted by atomic mass is 16.5. The molecule has 3 aliphatic rings. The molecule has 1 aromatic carbocycles. The number of rotatable bonds is 4. The molecule has 1 aromatic rings. The minimum atomic E-state index is 0.166. The molecule has 0 spiro atoms. The third kappa shape index (κ3) is 3.67. The number of nitrogens with one attached hydrogen (secondary N) is 1. The van der Waals surface area contributed by atoms with Crippen LogP contribution in [0.1, 0.15) is 31.2 Å². The third-order valence-electron chi connectivity index (χ3n) is 5.81. The monoisotopic (exact) mass is 343 g/mol. The molecule has 2 saturated heterocycles. The van der Waals surface area contributed by atoms with Crippen molar-refractivity contribution in [2.24, 2.45) is 4.99 Å². The van der Waals surface area contributed by atoms with Gasteiger partial charge in [0.05, 0.1) is 12.7 Å². The van der Waals surface area contributed by atoms with Crippen molar-refractivity contribution in [1.29, 1.82) is 0 Å². The van der Waals surface area contributed by atoms with Crippen molar-refractivity contribution >= 4 is 5.96 Å². The highest BCUT2D eigenvalue weighted by molar-refractivity contribution is 5.80. The summed E-state index contributed by atoms with van der Waals surface area (Å²) in [6, 6.07) is 10.9. The number of hydrogen-bond donors (Lipinski definition) is 1. The van der Waals surface area contributed by atoms with Crippen LogP contribution in [0.3, 0.4) is 0 Å². The lowest BCUT2D eigenvalue weighted by molar-refractivity contribution is -0.0817. The van der Waals surface area contributed by atoms with E-state index in [4.69, 9.17) is 9.47 Å². The van der Waals surface area contributed by atoms with Gasteiger partial charge in [0.2, 0.25) is 0 Å². The van der Waals surface area contributed by atoms with Crippen LogP contribution >= 0.6 is 0 Å². The largest absolute Gasteiger partial charge is 0.375 e. The fourth-order valence-electron chi connectivity index (χ4n) is 4.08. The van der Waals surface area contributed by atoms with Crippen LogP contribution < -0.4 is 5.32 Å². The van der Waals surface area contributed by atoms with E-state index in [9.17, 15) is 0 Å². The summed E-state index contributed by atoms with van der Waals surface area (Å²) in [7, 11) is 1.88. The average molecular weight is 343 g/mol. The van der Waals surface area contributed by atoms with Gasteiger partial charge in [-0.3, -0.25) is 4.99 Å². The van der Waals surface area contributed by atoms with Crippen LogP contribution in [-0.2, 0) is 14.9 Å². The van der Waals surface area contributed by atoms with E-state index in [1.54, 1.807) is 0 Å². The van der Waals surface area contributed by atoms with Crippen molar-refractivity contribution in [3.05, 3.63) is 35.9 Å². The Labute approximate surface area is 150 Å². The molecule has 1 aliphatic carbocycles. The van der Waals surface area contributed by atoms with Crippen molar-refractivity contribution in [1.82, 2.24) is 10.2 Å². The summed E-state index contributed by atoms with van der Waals surface area (Å²) >= 11 is 0. The fourth-order valence-corrected chi connectivity index (χ4v) is 4.08. The first-order valence-corrected chi connectivity index (χ1v) is 9.55. The number of nitrogens with zero attached hydrogens (tertiary/aromatic N) is 2. The summed E-state index contributed by atoms with van der Waals surface area (Å²) in [5, 5.41) is 3.63. The van der Waals surface area contributed by atoms with Crippen molar-refractivity contribution in [3.63, 3.8) is 0 Å². The van der Waals surface area contributed by atoms with E-state index >= 15 is 0 Å². The number of hydrogen-bond acceptors (Lipinski definition) is 3. The van der Waals surface area contributed by atoms with Gasteiger partial charge in [-0.15, -0.1) is 0 Å². The summed E-state index contributed by atoms with van der Waals surface area (Å²) in [5.41, 5.74) is 1.73. The van der Waals surface area contributed by atoms with E-state index in [-0.39, 0.29) is 17.6 Å². The molecule has 2 heterocycles. The highest BCUT2D eigenvalue weighted by Gasteiger charge is 2.44. The first kappa shape index (κ1) is 16.9. The van der Waals surface area contributed by atoms with Crippen LogP contribution in [-0.4, -0.2) is 63.0 Å². The van der Waals surface area contributed by atoms with Gasteiger partial charge in [-0.25, -0.2) is 0 Å². The van der Waals surface area contributed by atoms with Gasteiger partial charge in [-0.05, 0) is 31.2 Å². The van der Waals surface area contributed by atoms with Gasteiger partial charge < -0.3 is 19.7 Å². The normalized spacial score (nSPS) is 28.8. The molecule has 25 heavy (non-hydrogen) atoms. The predicted octanol–water partition coefficient (Wildman–Crippen LogP) is 2.17. The van der Waals surface area contributed by atoms with Gasteiger partial charge in [0.1, 0.15) is 6.10 Å². The number of benzene rings is 1. The number of guanidine groups is 1. The summed E-state index contributed by atoms with van der Waals surface area (Å²) in [4.78, 5) is 6.86. The Morgan fingerprint density at radius 2 is 2.00 bits per heavy atom. The van der Waals surface area contributed by atoms with Crippen molar-refractivity contribution in [3.8, 4) is 0 Å². The van der Waals surface area contributed by atoms with E-state index in [2.05, 4.69) is 45.5 Å². The fraction of sp³-hybridized carbons (Fsp3) is 0.650. The Bertz CT molecular complexity index is 594. The Hall–Kier alpha value is -1.59. The second kappa shape index (κ2) is 7.34. The lowest BCUT2D eigenvalue weighted by atomic mass is 9.96. The zero-order valence-corrected chi connectivity index (χ0v) is 15.1. The zero-order chi connectivity index (χ0) is 17.1. The average Bonchev–Trinajstić information content (AvgIpc) is 3.26. The van der Waals surface area contributed by atoms with Crippen LogP contribution in [0, 0.1) is 0 Å².